The number of fused-ring (bicyclic) bond motifs is 1. The van der Waals surface area contributed by atoms with Gasteiger partial charge < -0.3 is 50.5 Å². The van der Waals surface area contributed by atoms with E-state index in [1.54, 1.807) is 23.1 Å². The van der Waals surface area contributed by atoms with Crippen molar-refractivity contribution >= 4 is 39.0 Å². The Kier molecular flexibility index (Phi) is 11.5. The maximum Gasteiger partial charge on any atom is 0.233 e. The van der Waals surface area contributed by atoms with Gasteiger partial charge in [0, 0.05) is 47.2 Å². The summed E-state index contributed by atoms with van der Waals surface area (Å²) in [5, 5.41) is 95.1. The number of aliphatic hydroxyl groups is 7. The summed E-state index contributed by atoms with van der Waals surface area (Å²) >= 11 is 0. The van der Waals surface area contributed by atoms with Crippen LogP contribution in [0.3, 0.4) is 0 Å². The second-order valence-corrected chi connectivity index (χ2v) is 25.5. The fourth-order valence-electron chi connectivity index (χ4n) is 16.4. The molecule has 0 radical (unpaired) electrons. The molecule has 14 heteroatoms. The predicted molar refractivity (Wildman–Crippen MR) is 249 cm³/mol. The van der Waals surface area contributed by atoms with Crippen LogP contribution in [0.15, 0.2) is 42.0 Å². The highest BCUT2D eigenvalue weighted by Gasteiger charge is 2.78. The van der Waals surface area contributed by atoms with Crippen molar-refractivity contribution in [1.82, 2.24) is 0 Å². The van der Waals surface area contributed by atoms with E-state index < -0.39 is 74.4 Å². The van der Waals surface area contributed by atoms with Gasteiger partial charge in [-0.1, -0.05) is 67.9 Å². The topological polar surface area (TPSA) is 212 Å². The van der Waals surface area contributed by atoms with Gasteiger partial charge in [-0.05, 0) is 141 Å². The number of ketones is 1. The van der Waals surface area contributed by atoms with E-state index in [1.807, 2.05) is 13.0 Å². The van der Waals surface area contributed by atoms with Gasteiger partial charge in [0.2, 0.25) is 5.91 Å². The number of hydrogen-bond acceptors (Lipinski definition) is 13. The molecule has 0 unspecified atom stereocenters. The van der Waals surface area contributed by atoms with Gasteiger partial charge in [-0.3, -0.25) is 9.59 Å². The quantitative estimate of drug-likeness (QED) is 0.106. The van der Waals surface area contributed by atoms with Gasteiger partial charge in [-0.2, -0.15) is 0 Å². The summed E-state index contributed by atoms with van der Waals surface area (Å²) in [4.78, 5) is 32.5. The van der Waals surface area contributed by atoms with Crippen molar-refractivity contribution in [1.29, 1.82) is 0 Å². The van der Waals surface area contributed by atoms with Gasteiger partial charge in [-0.15, -0.1) is 0 Å². The van der Waals surface area contributed by atoms with Crippen molar-refractivity contribution in [3.05, 3.63) is 47.6 Å². The average molecular weight is 938 g/mol. The number of epoxide rings is 1. The summed E-state index contributed by atoms with van der Waals surface area (Å²) in [7, 11) is 2.89. The molecule has 11 aliphatic rings. The number of amides is 1. The lowest BCUT2D eigenvalue weighted by Crippen LogP contribution is -2.71. The number of benzene rings is 1. The monoisotopic (exact) mass is 937 g/mol. The van der Waals surface area contributed by atoms with Crippen molar-refractivity contribution in [2.24, 2.45) is 63.1 Å². The molecule has 8 bridgehead atoms. The van der Waals surface area contributed by atoms with Crippen molar-refractivity contribution in [3.8, 4) is 5.75 Å². The van der Waals surface area contributed by atoms with Crippen LogP contribution in [0.25, 0.3) is 0 Å². The third-order valence-corrected chi connectivity index (χ3v) is 23.2. The Morgan fingerprint density at radius 1 is 0.985 bits per heavy atom. The third kappa shape index (κ3) is 6.32. The number of carbonyl (C=O) groups excluding carboxylic acids is 2. The number of aromatic hydroxyl groups is 1. The number of rotatable bonds is 6. The highest BCUT2D eigenvalue weighted by molar-refractivity contribution is 8.77. The number of allylic oxidation sites excluding steroid dienone is 2. The second-order valence-electron chi connectivity index (χ2n) is 22.9. The second kappa shape index (κ2) is 16.0. The van der Waals surface area contributed by atoms with Crippen LogP contribution in [-0.2, 0) is 20.7 Å². The fourth-order valence-corrected chi connectivity index (χ4v) is 19.9. The average Bonchev–Trinajstić information content (AvgIpc) is 3.95. The van der Waals surface area contributed by atoms with Crippen LogP contribution in [0.4, 0.5) is 5.69 Å². The van der Waals surface area contributed by atoms with Crippen LogP contribution >= 0.6 is 21.6 Å². The normalized spacial score (nSPS) is 48.5. The maximum atomic E-state index is 15.5. The number of ether oxygens (including phenoxy) is 1. The molecular formula is C51H71NO11S2. The molecule has 6 aliphatic carbocycles. The van der Waals surface area contributed by atoms with Gasteiger partial charge in [0.1, 0.15) is 23.1 Å². The molecule has 5 aliphatic heterocycles. The summed E-state index contributed by atoms with van der Waals surface area (Å²) in [5.41, 5.74) is -7.14. The first-order chi connectivity index (χ1) is 30.8. The van der Waals surface area contributed by atoms with Gasteiger partial charge in [0.05, 0.1) is 41.9 Å². The molecule has 3 spiro atoms. The van der Waals surface area contributed by atoms with Crippen LogP contribution in [0.2, 0.25) is 0 Å². The van der Waals surface area contributed by atoms with Gasteiger partial charge in [0.15, 0.2) is 5.78 Å². The van der Waals surface area contributed by atoms with Crippen LogP contribution in [-0.4, -0.2) is 125 Å². The Hall–Kier alpha value is -1.98. The minimum atomic E-state index is -1.91. The Morgan fingerprint density at radius 2 is 1.77 bits per heavy atom. The number of hydrogen-bond donors (Lipinski definition) is 8. The molecule has 6 fully saturated rings. The zero-order valence-corrected chi connectivity index (χ0v) is 40.0. The fraction of sp³-hybridized carbons (Fsp3) is 0.765. The van der Waals surface area contributed by atoms with E-state index >= 15 is 9.59 Å². The molecular weight excluding hydrogens is 867 g/mol. The SMILES string of the molecule is CC(C)[C@@H](C)[C@@H]1O[C@H]1[C@@]1(O)CC=C[C@@H]2C[C@H]3C4=CC(=O)[C@]5(CSS[C@@H](CO)[C@@H]6CCC[C@H](CO)[C@@]67CCN(C7=O)c6cc(O)cc(c6)CC[C@]26[C@@H]1CC[C@@]46O)C[C@@H](O)[C@](O)(CO)C[C@]35C. The molecule has 2 saturated heterocycles. The number of aliphatic hydroxyl groups excluding tert-OH is 4. The number of anilines is 1. The van der Waals surface area contributed by atoms with Crippen molar-refractivity contribution in [3.63, 3.8) is 0 Å². The predicted octanol–water partition coefficient (Wildman–Crippen LogP) is 5.11. The molecule has 4 saturated carbocycles. The zero-order valence-electron chi connectivity index (χ0n) is 38.4. The number of phenols is 1. The highest BCUT2D eigenvalue weighted by Crippen LogP contribution is 2.76. The molecule has 65 heavy (non-hydrogen) atoms. The standard InChI is InChI=1S/C51H71NO11S2/c1-28(2)29(3)42-43(63-42)50(61)12-6-8-31-19-36-37-21-40(57)46(22-41(58)47(60,26-55)25-45(36,46)4)27-64-65-38(24-54)35-9-5-7-32(23-53)48(35)15-16-52(44(48)59)33-17-30(18-34(56)20-33)10-13-49(31)39(50)11-14-51(37,49)62/h6,8,17-18,20-21,28-29,31-32,35-36,38-39,41-43,53-56,58,60-62H,5,7,9-16,19,22-27H2,1-4H3/t29-,31-,32-,35+,36+,38+,39+,41-,42+,43-,45-,46-,47-,48+,49-,50-,51-/m1/s1. The van der Waals surface area contributed by atoms with Crippen LogP contribution in [0, 0.1) is 63.1 Å². The lowest BCUT2D eigenvalue weighted by Gasteiger charge is -2.67. The van der Waals surface area contributed by atoms with Gasteiger partial charge in [0.25, 0.3) is 0 Å². The van der Waals surface area contributed by atoms with Crippen molar-refractivity contribution < 1.29 is 55.2 Å². The molecule has 358 valence electrons. The van der Waals surface area contributed by atoms with E-state index in [-0.39, 0.29) is 79.0 Å². The molecule has 17 atom stereocenters. The Labute approximate surface area is 391 Å². The first-order valence-electron chi connectivity index (χ1n) is 24.5. The van der Waals surface area contributed by atoms with Crippen LogP contribution in [0.5, 0.6) is 5.75 Å². The molecule has 5 heterocycles. The number of aryl methyl sites for hydroxylation is 1. The Morgan fingerprint density at radius 3 is 2.49 bits per heavy atom. The summed E-state index contributed by atoms with van der Waals surface area (Å²) in [6, 6.07) is 5.30. The molecule has 8 N–H and O–H groups in total. The van der Waals surface area contributed by atoms with E-state index in [0.29, 0.717) is 81.5 Å². The first-order valence-corrected chi connectivity index (χ1v) is 26.9. The van der Waals surface area contributed by atoms with E-state index in [1.165, 1.54) is 21.6 Å². The minimum absolute atomic E-state index is 0.00513. The smallest absolute Gasteiger partial charge is 0.233 e. The third-order valence-electron chi connectivity index (χ3n) is 20.2. The summed E-state index contributed by atoms with van der Waals surface area (Å²) < 4.78 is 6.48. The van der Waals surface area contributed by atoms with E-state index in [0.717, 1.165) is 12.0 Å². The minimum Gasteiger partial charge on any atom is -0.508 e. The molecule has 1 aromatic rings. The molecule has 1 aromatic carbocycles. The van der Waals surface area contributed by atoms with Crippen LogP contribution in [0.1, 0.15) is 104 Å². The largest absolute Gasteiger partial charge is 0.508 e. The highest BCUT2D eigenvalue weighted by atomic mass is 33.1. The van der Waals surface area contributed by atoms with Crippen molar-refractivity contribution in [2.45, 2.75) is 145 Å². The van der Waals surface area contributed by atoms with Gasteiger partial charge in [-0.25, -0.2) is 0 Å². The number of nitrogens with zero attached hydrogens (tertiary/aromatic N) is 1. The van der Waals surface area contributed by atoms with E-state index in [4.69, 9.17) is 4.74 Å². The maximum absolute atomic E-state index is 15.5. The molecule has 1 amide bonds. The molecule has 12 nitrogen and oxygen atoms in total. The number of phenolic OH excluding ortho intramolecular Hbond substituents is 1. The Bertz CT molecular complexity index is 2150. The first kappa shape index (κ1) is 46.7. The lowest BCUT2D eigenvalue weighted by molar-refractivity contribution is -0.222. The lowest BCUT2D eigenvalue weighted by atomic mass is 9.38. The zero-order chi connectivity index (χ0) is 46.3. The van der Waals surface area contributed by atoms with Gasteiger partial charge >= 0.3 is 0 Å². The summed E-state index contributed by atoms with van der Waals surface area (Å²) in [6.07, 6.45) is 8.67. The summed E-state index contributed by atoms with van der Waals surface area (Å²) in [6.45, 7) is 7.75. The van der Waals surface area contributed by atoms with E-state index in [2.05, 4.69) is 32.9 Å². The van der Waals surface area contributed by atoms with Crippen LogP contribution < -0.4 is 4.90 Å². The Balaban J connectivity index is 1.16. The van der Waals surface area contributed by atoms with Crippen molar-refractivity contribution in [2.75, 3.05) is 37.0 Å². The van der Waals surface area contributed by atoms with E-state index in [9.17, 15) is 40.9 Å². The molecule has 12 rings (SSSR count). The molecule has 0 aromatic heterocycles. The summed E-state index contributed by atoms with van der Waals surface area (Å²) in [5.74, 6) is -1.45. The number of carbonyl (C=O) groups is 2.